The van der Waals surface area contributed by atoms with Gasteiger partial charge in [-0.1, -0.05) is 73.5 Å². The Kier molecular flexibility index (Phi) is 6.12. The summed E-state index contributed by atoms with van der Waals surface area (Å²) in [4.78, 5) is 13.5. The molecule has 0 bridgehead atoms. The topological polar surface area (TPSA) is 17.1 Å². The van der Waals surface area contributed by atoms with E-state index in [2.05, 4.69) is 62.3 Å². The molecule has 0 unspecified atom stereocenters. The van der Waals surface area contributed by atoms with Crippen LogP contribution in [0.25, 0.3) is 0 Å². The van der Waals surface area contributed by atoms with Crippen molar-refractivity contribution in [3.8, 4) is 0 Å². The molecule has 2 saturated carbocycles. The highest BCUT2D eigenvalue weighted by atomic mass is 16.1. The van der Waals surface area contributed by atoms with Gasteiger partial charge in [-0.15, -0.1) is 0 Å². The van der Waals surface area contributed by atoms with Crippen LogP contribution >= 0.6 is 0 Å². The van der Waals surface area contributed by atoms with E-state index < -0.39 is 0 Å². The molecule has 0 heterocycles. The van der Waals surface area contributed by atoms with Crippen LogP contribution in [0.15, 0.2) is 11.1 Å². The monoisotopic (exact) mass is 440 g/mol. The van der Waals surface area contributed by atoms with E-state index in [0.29, 0.717) is 22.5 Å². The van der Waals surface area contributed by atoms with Gasteiger partial charge >= 0.3 is 0 Å². The SMILES string of the molecule is C[C@H]1CC[C@]2(C)C3=C(CC(=O)[C@@H]2C1)[C@]1(C)CC[C@H]([C@H](C)[C@H](C)CCC(C)(C)C)[C@@]1(C)CC3. The summed E-state index contributed by atoms with van der Waals surface area (Å²) in [5.74, 6) is 3.94. The Morgan fingerprint density at radius 2 is 1.69 bits per heavy atom. The van der Waals surface area contributed by atoms with Gasteiger partial charge in [-0.2, -0.15) is 0 Å². The number of hydrogen-bond donors (Lipinski definition) is 0. The van der Waals surface area contributed by atoms with E-state index >= 15 is 0 Å². The van der Waals surface area contributed by atoms with E-state index in [9.17, 15) is 4.79 Å². The van der Waals surface area contributed by atoms with Gasteiger partial charge < -0.3 is 0 Å². The number of allylic oxidation sites excluding steroid dienone is 2. The molecule has 0 aromatic rings. The van der Waals surface area contributed by atoms with Crippen molar-refractivity contribution in [1.29, 1.82) is 0 Å². The number of fused-ring (bicyclic) bond motifs is 4. The molecule has 182 valence electrons. The third kappa shape index (κ3) is 3.67. The lowest BCUT2D eigenvalue weighted by molar-refractivity contribution is -0.130. The van der Waals surface area contributed by atoms with Crippen LogP contribution in [0.2, 0.25) is 0 Å². The van der Waals surface area contributed by atoms with Crippen molar-refractivity contribution in [3.05, 3.63) is 11.1 Å². The molecule has 0 spiro atoms. The van der Waals surface area contributed by atoms with Crippen LogP contribution in [0.1, 0.15) is 127 Å². The minimum Gasteiger partial charge on any atom is -0.299 e. The van der Waals surface area contributed by atoms with Crippen molar-refractivity contribution in [2.75, 3.05) is 0 Å². The van der Waals surface area contributed by atoms with Crippen LogP contribution in [0, 0.1) is 51.2 Å². The fourth-order valence-electron chi connectivity index (χ4n) is 9.02. The van der Waals surface area contributed by atoms with Crippen LogP contribution in [-0.4, -0.2) is 5.78 Å². The Bertz CT molecular complexity index is 783. The molecule has 2 fully saturated rings. The number of Topliss-reactive ketones (excluding diaryl/α,β-unsaturated/α-hetero) is 1. The van der Waals surface area contributed by atoms with E-state index in [0.717, 1.165) is 36.5 Å². The van der Waals surface area contributed by atoms with Gasteiger partial charge in [0.1, 0.15) is 5.78 Å². The van der Waals surface area contributed by atoms with Gasteiger partial charge in [-0.25, -0.2) is 0 Å². The van der Waals surface area contributed by atoms with E-state index in [4.69, 9.17) is 0 Å². The van der Waals surface area contributed by atoms with Crippen molar-refractivity contribution >= 4 is 5.78 Å². The summed E-state index contributed by atoms with van der Waals surface area (Å²) in [7, 11) is 0. The average Bonchev–Trinajstić information content (AvgIpc) is 2.98. The lowest BCUT2D eigenvalue weighted by atomic mass is 9.45. The first kappa shape index (κ1) is 24.5. The van der Waals surface area contributed by atoms with Gasteiger partial charge in [0.15, 0.2) is 0 Å². The first-order valence-corrected chi connectivity index (χ1v) is 14.0. The predicted molar refractivity (Wildman–Crippen MR) is 136 cm³/mol. The molecule has 4 rings (SSSR count). The van der Waals surface area contributed by atoms with Gasteiger partial charge in [-0.3, -0.25) is 4.79 Å². The second kappa shape index (κ2) is 7.98. The van der Waals surface area contributed by atoms with Crippen molar-refractivity contribution in [2.24, 2.45) is 51.2 Å². The molecule has 0 aromatic heterocycles. The van der Waals surface area contributed by atoms with Gasteiger partial charge in [0.05, 0.1) is 0 Å². The summed E-state index contributed by atoms with van der Waals surface area (Å²) < 4.78 is 0. The molecular formula is C31H52O. The van der Waals surface area contributed by atoms with Gasteiger partial charge in [0, 0.05) is 12.3 Å². The summed E-state index contributed by atoms with van der Waals surface area (Å²) in [6.45, 7) is 22.3. The molecule has 1 nitrogen and oxygen atoms in total. The highest BCUT2D eigenvalue weighted by Gasteiger charge is 2.62. The van der Waals surface area contributed by atoms with Crippen LogP contribution in [-0.2, 0) is 4.79 Å². The smallest absolute Gasteiger partial charge is 0.140 e. The molecule has 4 aliphatic carbocycles. The standard InChI is InChI=1S/C31H52O/c1-20-10-15-29(7)24-13-17-30(8)23(22(3)21(2)11-14-28(4,5)6)12-16-31(30,9)25(24)19-27(32)26(29)18-20/h20-23,26H,10-19H2,1-9H3/t20-,21+,22+,23+,26-,29+,30+,31-/m0/s1. The summed E-state index contributed by atoms with van der Waals surface area (Å²) in [6.07, 6.45) is 12.4. The maximum absolute atomic E-state index is 13.5. The zero-order valence-corrected chi connectivity index (χ0v) is 22.9. The van der Waals surface area contributed by atoms with Gasteiger partial charge in [-0.05, 0) is 103 Å². The Hall–Kier alpha value is -0.590. The van der Waals surface area contributed by atoms with Gasteiger partial charge in [0.2, 0.25) is 0 Å². The lowest BCUT2D eigenvalue weighted by Crippen LogP contribution is -2.51. The Morgan fingerprint density at radius 1 is 1.00 bits per heavy atom. The molecule has 8 atom stereocenters. The summed E-state index contributed by atoms with van der Waals surface area (Å²) in [6, 6.07) is 0. The molecular weight excluding hydrogens is 388 g/mol. The van der Waals surface area contributed by atoms with Crippen molar-refractivity contribution in [3.63, 3.8) is 0 Å². The quantitative estimate of drug-likeness (QED) is 0.398. The van der Waals surface area contributed by atoms with Crippen molar-refractivity contribution in [1.82, 2.24) is 0 Å². The number of hydrogen-bond acceptors (Lipinski definition) is 1. The molecule has 0 saturated heterocycles. The molecule has 0 aromatic carbocycles. The fraction of sp³-hybridized carbons (Fsp3) is 0.903. The molecule has 1 heteroatoms. The zero-order chi connectivity index (χ0) is 23.7. The molecule has 0 amide bonds. The maximum atomic E-state index is 13.5. The minimum atomic E-state index is 0.158. The number of carbonyl (C=O) groups is 1. The highest BCUT2D eigenvalue weighted by Crippen LogP contribution is 2.71. The first-order chi connectivity index (χ1) is 14.7. The number of carbonyl (C=O) groups excluding carboxylic acids is 1. The number of ketones is 1. The van der Waals surface area contributed by atoms with E-state index in [1.807, 2.05) is 0 Å². The zero-order valence-electron chi connectivity index (χ0n) is 22.9. The second-order valence-corrected chi connectivity index (χ2v) is 14.8. The number of rotatable bonds is 4. The van der Waals surface area contributed by atoms with Crippen LogP contribution in [0.3, 0.4) is 0 Å². The third-order valence-electron chi connectivity index (χ3n) is 11.8. The first-order valence-electron chi connectivity index (χ1n) is 14.0. The Balaban J connectivity index is 1.63. The average molecular weight is 441 g/mol. The normalized spacial score (nSPS) is 44.0. The van der Waals surface area contributed by atoms with Crippen LogP contribution < -0.4 is 0 Å². The maximum Gasteiger partial charge on any atom is 0.140 e. The molecule has 4 aliphatic rings. The molecule has 0 N–H and O–H groups in total. The minimum absolute atomic E-state index is 0.158. The van der Waals surface area contributed by atoms with E-state index in [-0.39, 0.29) is 10.8 Å². The highest BCUT2D eigenvalue weighted by molar-refractivity contribution is 5.87. The fourth-order valence-corrected chi connectivity index (χ4v) is 9.02. The molecule has 0 aliphatic heterocycles. The van der Waals surface area contributed by atoms with Crippen LogP contribution in [0.5, 0.6) is 0 Å². The van der Waals surface area contributed by atoms with Crippen molar-refractivity contribution in [2.45, 2.75) is 127 Å². The summed E-state index contributed by atoms with van der Waals surface area (Å²) in [5.41, 5.74) is 4.55. The Morgan fingerprint density at radius 3 is 2.34 bits per heavy atom. The molecule has 0 radical (unpaired) electrons. The second-order valence-electron chi connectivity index (χ2n) is 14.8. The molecule has 32 heavy (non-hydrogen) atoms. The van der Waals surface area contributed by atoms with E-state index in [1.54, 1.807) is 11.1 Å². The van der Waals surface area contributed by atoms with E-state index in [1.165, 1.54) is 51.4 Å². The lowest BCUT2D eigenvalue weighted by Gasteiger charge is -2.58. The third-order valence-corrected chi connectivity index (χ3v) is 11.8. The Labute approximate surface area is 199 Å². The largest absolute Gasteiger partial charge is 0.299 e. The van der Waals surface area contributed by atoms with Crippen LogP contribution in [0.4, 0.5) is 0 Å². The predicted octanol–water partition coefficient (Wildman–Crippen LogP) is 9.01. The van der Waals surface area contributed by atoms with Crippen molar-refractivity contribution < 1.29 is 4.79 Å². The summed E-state index contributed by atoms with van der Waals surface area (Å²) in [5, 5.41) is 0. The van der Waals surface area contributed by atoms with Gasteiger partial charge in [0.25, 0.3) is 0 Å². The summed E-state index contributed by atoms with van der Waals surface area (Å²) >= 11 is 0.